The normalized spacial score (nSPS) is 13.0. The second kappa shape index (κ2) is 9.77. The molecule has 0 aliphatic heterocycles. The number of rotatable bonds is 10. The predicted molar refractivity (Wildman–Crippen MR) is 107 cm³/mol. The summed E-state index contributed by atoms with van der Waals surface area (Å²) in [5.41, 5.74) is 0.910. The Kier molecular flexibility index (Phi) is 7.68. The number of aliphatic hydroxyl groups is 1. The minimum atomic E-state index is -3.87. The Morgan fingerprint density at radius 2 is 1.64 bits per heavy atom. The highest BCUT2D eigenvalue weighted by Crippen LogP contribution is 2.21. The first kappa shape index (κ1) is 22.0. The molecule has 1 atom stereocenters. The molecule has 0 heterocycles. The Labute approximate surface area is 165 Å². The fourth-order valence-corrected chi connectivity index (χ4v) is 4.51. The molecule has 0 amide bonds. The summed E-state index contributed by atoms with van der Waals surface area (Å²) in [6.45, 7) is 4.02. The summed E-state index contributed by atoms with van der Waals surface area (Å²) in [5, 5.41) is 21.2. The summed E-state index contributed by atoms with van der Waals surface area (Å²) in [6, 6.07) is 14.5. The van der Waals surface area contributed by atoms with E-state index in [1.54, 1.807) is 0 Å². The number of nitro groups is 1. The standard InChI is InChI=1S/C20H26N2O5S/c1-16(2)14-21(15-19(23)11-8-17-6-4-3-5-7-17)28(26,27)20-12-9-18(10-13-20)22(24)25/h3-7,9-10,12-13,16,19,23H,8,11,14-15H2,1-2H3. The number of non-ortho nitro benzene ring substituents is 1. The number of aliphatic hydroxyl groups excluding tert-OH is 1. The van der Waals surface area contributed by atoms with Crippen LogP contribution in [0.1, 0.15) is 25.8 Å². The number of hydrogen-bond donors (Lipinski definition) is 1. The lowest BCUT2D eigenvalue weighted by atomic mass is 10.1. The second-order valence-electron chi connectivity index (χ2n) is 7.14. The molecule has 2 aromatic carbocycles. The molecule has 2 aromatic rings. The van der Waals surface area contributed by atoms with Gasteiger partial charge in [-0.25, -0.2) is 8.42 Å². The SMILES string of the molecule is CC(C)CN(CC(O)CCc1ccccc1)S(=O)(=O)c1ccc([N+](=O)[O-])cc1. The van der Waals surface area contributed by atoms with Gasteiger partial charge < -0.3 is 5.11 Å². The number of nitro benzene ring substituents is 1. The third-order valence-electron chi connectivity index (χ3n) is 4.28. The third-order valence-corrected chi connectivity index (χ3v) is 6.12. The van der Waals surface area contributed by atoms with Gasteiger partial charge in [0, 0.05) is 25.2 Å². The number of benzene rings is 2. The zero-order valence-corrected chi connectivity index (χ0v) is 16.9. The highest BCUT2D eigenvalue weighted by Gasteiger charge is 2.27. The molecular formula is C20H26N2O5S. The average molecular weight is 407 g/mol. The highest BCUT2D eigenvalue weighted by atomic mass is 32.2. The van der Waals surface area contributed by atoms with Crippen molar-refractivity contribution in [3.8, 4) is 0 Å². The van der Waals surface area contributed by atoms with Crippen molar-refractivity contribution in [1.82, 2.24) is 4.31 Å². The Morgan fingerprint density at radius 3 is 2.18 bits per heavy atom. The first-order valence-corrected chi connectivity index (χ1v) is 10.6. The molecule has 1 N–H and O–H groups in total. The maximum absolute atomic E-state index is 13.0. The van der Waals surface area contributed by atoms with Crippen LogP contribution >= 0.6 is 0 Å². The van der Waals surface area contributed by atoms with Gasteiger partial charge in [0.15, 0.2) is 0 Å². The largest absolute Gasteiger partial charge is 0.392 e. The van der Waals surface area contributed by atoms with Gasteiger partial charge in [-0.2, -0.15) is 4.31 Å². The average Bonchev–Trinajstić information content (AvgIpc) is 2.66. The Morgan fingerprint density at radius 1 is 1.04 bits per heavy atom. The monoisotopic (exact) mass is 406 g/mol. The van der Waals surface area contributed by atoms with Crippen LogP contribution in [-0.4, -0.2) is 41.9 Å². The van der Waals surface area contributed by atoms with E-state index in [1.165, 1.54) is 28.6 Å². The summed E-state index contributed by atoms with van der Waals surface area (Å²) in [5.74, 6) is 0.0640. The van der Waals surface area contributed by atoms with Gasteiger partial charge in [-0.3, -0.25) is 10.1 Å². The van der Waals surface area contributed by atoms with Gasteiger partial charge in [-0.15, -0.1) is 0 Å². The summed E-state index contributed by atoms with van der Waals surface area (Å²) in [7, 11) is -3.87. The van der Waals surface area contributed by atoms with Crippen LogP contribution < -0.4 is 0 Å². The zero-order chi connectivity index (χ0) is 20.7. The molecule has 0 saturated carbocycles. The second-order valence-corrected chi connectivity index (χ2v) is 9.08. The predicted octanol–water partition coefficient (Wildman–Crippen LogP) is 3.24. The van der Waals surface area contributed by atoms with Crippen LogP contribution in [-0.2, 0) is 16.4 Å². The van der Waals surface area contributed by atoms with Crippen molar-refractivity contribution < 1.29 is 18.4 Å². The zero-order valence-electron chi connectivity index (χ0n) is 16.1. The molecule has 7 nitrogen and oxygen atoms in total. The molecule has 0 aliphatic rings. The highest BCUT2D eigenvalue weighted by molar-refractivity contribution is 7.89. The van der Waals surface area contributed by atoms with Crippen molar-refractivity contribution in [2.75, 3.05) is 13.1 Å². The maximum atomic E-state index is 13.0. The lowest BCUT2D eigenvalue weighted by Crippen LogP contribution is -2.40. The van der Waals surface area contributed by atoms with E-state index in [4.69, 9.17) is 0 Å². The van der Waals surface area contributed by atoms with Crippen molar-refractivity contribution in [2.24, 2.45) is 5.92 Å². The molecular weight excluding hydrogens is 380 g/mol. The van der Waals surface area contributed by atoms with E-state index >= 15 is 0 Å². The molecule has 1 unspecified atom stereocenters. The molecule has 0 fully saturated rings. The number of sulfonamides is 1. The number of aryl methyl sites for hydroxylation is 1. The van der Waals surface area contributed by atoms with E-state index in [-0.39, 0.29) is 29.6 Å². The molecule has 0 aliphatic carbocycles. The van der Waals surface area contributed by atoms with E-state index in [2.05, 4.69) is 0 Å². The molecule has 0 aromatic heterocycles. The molecule has 2 rings (SSSR count). The van der Waals surface area contributed by atoms with E-state index < -0.39 is 21.1 Å². The molecule has 152 valence electrons. The quantitative estimate of drug-likeness (QED) is 0.482. The first-order chi connectivity index (χ1) is 13.2. The van der Waals surface area contributed by atoms with E-state index in [0.717, 1.165) is 5.56 Å². The molecule has 0 bridgehead atoms. The lowest BCUT2D eigenvalue weighted by molar-refractivity contribution is -0.384. The van der Waals surface area contributed by atoms with Gasteiger partial charge in [0.1, 0.15) is 0 Å². The minimum absolute atomic E-state index is 0.0194. The van der Waals surface area contributed by atoms with Crippen LogP contribution in [0.15, 0.2) is 59.5 Å². The molecule has 28 heavy (non-hydrogen) atoms. The van der Waals surface area contributed by atoms with Crippen LogP contribution in [0.2, 0.25) is 0 Å². The summed E-state index contributed by atoms with van der Waals surface area (Å²) < 4.78 is 27.3. The summed E-state index contributed by atoms with van der Waals surface area (Å²) in [4.78, 5) is 10.2. The van der Waals surface area contributed by atoms with Crippen LogP contribution in [0.25, 0.3) is 0 Å². The van der Waals surface area contributed by atoms with Gasteiger partial charge in [0.2, 0.25) is 10.0 Å². The van der Waals surface area contributed by atoms with Crippen LogP contribution in [0.4, 0.5) is 5.69 Å². The number of hydrogen-bond acceptors (Lipinski definition) is 5. The third kappa shape index (κ3) is 6.12. The van der Waals surface area contributed by atoms with Crippen LogP contribution in [0.3, 0.4) is 0 Å². The van der Waals surface area contributed by atoms with E-state index in [0.29, 0.717) is 12.8 Å². The van der Waals surface area contributed by atoms with Gasteiger partial charge in [0.05, 0.1) is 15.9 Å². The van der Waals surface area contributed by atoms with Gasteiger partial charge >= 0.3 is 0 Å². The summed E-state index contributed by atoms with van der Waals surface area (Å²) in [6.07, 6.45) is 0.274. The van der Waals surface area contributed by atoms with Crippen molar-refractivity contribution in [1.29, 1.82) is 0 Å². The maximum Gasteiger partial charge on any atom is 0.269 e. The fraction of sp³-hybridized carbons (Fsp3) is 0.400. The van der Waals surface area contributed by atoms with Gasteiger partial charge in [0.25, 0.3) is 5.69 Å². The molecule has 8 heteroatoms. The van der Waals surface area contributed by atoms with Crippen molar-refractivity contribution in [3.63, 3.8) is 0 Å². The first-order valence-electron chi connectivity index (χ1n) is 9.16. The molecule has 0 radical (unpaired) electrons. The van der Waals surface area contributed by atoms with Crippen molar-refractivity contribution in [3.05, 3.63) is 70.3 Å². The Balaban J connectivity index is 2.13. The fourth-order valence-electron chi connectivity index (χ4n) is 2.87. The topological polar surface area (TPSA) is 101 Å². The Bertz CT molecular complexity index is 867. The van der Waals surface area contributed by atoms with Crippen LogP contribution in [0, 0.1) is 16.0 Å². The summed E-state index contributed by atoms with van der Waals surface area (Å²) >= 11 is 0. The number of nitrogens with zero attached hydrogens (tertiary/aromatic N) is 2. The van der Waals surface area contributed by atoms with E-state index in [1.807, 2.05) is 44.2 Å². The van der Waals surface area contributed by atoms with Crippen LogP contribution in [0.5, 0.6) is 0 Å². The minimum Gasteiger partial charge on any atom is -0.392 e. The van der Waals surface area contributed by atoms with Crippen molar-refractivity contribution in [2.45, 2.75) is 37.7 Å². The molecule has 0 spiro atoms. The molecule has 0 saturated heterocycles. The van der Waals surface area contributed by atoms with E-state index in [9.17, 15) is 23.6 Å². The van der Waals surface area contributed by atoms with Gasteiger partial charge in [-0.05, 0) is 36.5 Å². The Hall–Kier alpha value is -2.29. The van der Waals surface area contributed by atoms with Gasteiger partial charge in [-0.1, -0.05) is 44.2 Å². The lowest BCUT2D eigenvalue weighted by Gasteiger charge is -2.26. The smallest absolute Gasteiger partial charge is 0.269 e. The van der Waals surface area contributed by atoms with Crippen molar-refractivity contribution >= 4 is 15.7 Å².